The van der Waals surface area contributed by atoms with Gasteiger partial charge < -0.3 is 19.7 Å². The lowest BCUT2D eigenvalue weighted by atomic mass is 10.1. The van der Waals surface area contributed by atoms with Gasteiger partial charge in [0.15, 0.2) is 0 Å². The fourth-order valence-electron chi connectivity index (χ4n) is 2.45. The molecular formula is C16H21N3O5. The van der Waals surface area contributed by atoms with Crippen molar-refractivity contribution in [2.24, 2.45) is 0 Å². The summed E-state index contributed by atoms with van der Waals surface area (Å²) in [5.41, 5.74) is 0.521. The zero-order valence-corrected chi connectivity index (χ0v) is 13.8. The number of pyridine rings is 1. The normalized spacial score (nSPS) is 14.8. The number of ether oxygens (including phenoxy) is 2. The van der Waals surface area contributed by atoms with Crippen LogP contribution in [0.15, 0.2) is 18.3 Å². The molecule has 1 fully saturated rings. The van der Waals surface area contributed by atoms with Crippen LogP contribution in [-0.2, 0) is 9.47 Å². The number of aromatic nitrogens is 1. The highest BCUT2D eigenvalue weighted by molar-refractivity contribution is 5.94. The van der Waals surface area contributed by atoms with Gasteiger partial charge in [-0.15, -0.1) is 0 Å². The Balaban J connectivity index is 1.85. The summed E-state index contributed by atoms with van der Waals surface area (Å²) in [6.45, 7) is 3.20. The first kappa shape index (κ1) is 17.7. The molecule has 0 atom stereocenters. The molecule has 0 radical (unpaired) electrons. The fraction of sp³-hybridized carbons (Fsp3) is 0.500. The third kappa shape index (κ3) is 4.43. The van der Waals surface area contributed by atoms with E-state index < -0.39 is 5.97 Å². The van der Waals surface area contributed by atoms with Crippen molar-refractivity contribution in [2.45, 2.75) is 25.8 Å². The second-order valence-corrected chi connectivity index (χ2v) is 5.36. The smallest absolute Gasteiger partial charge is 0.409 e. The minimum absolute atomic E-state index is 0.0229. The number of amides is 2. The predicted molar refractivity (Wildman–Crippen MR) is 84.7 cm³/mol. The van der Waals surface area contributed by atoms with Crippen molar-refractivity contribution >= 4 is 18.0 Å². The molecule has 0 aliphatic carbocycles. The summed E-state index contributed by atoms with van der Waals surface area (Å²) < 4.78 is 9.54. The number of esters is 1. The zero-order chi connectivity index (χ0) is 17.5. The van der Waals surface area contributed by atoms with Gasteiger partial charge in [0.2, 0.25) is 0 Å². The Kier molecular flexibility index (Phi) is 6.11. The Morgan fingerprint density at radius 2 is 2.00 bits per heavy atom. The molecule has 8 heteroatoms. The van der Waals surface area contributed by atoms with Crippen molar-refractivity contribution in [3.63, 3.8) is 0 Å². The molecule has 2 rings (SSSR count). The molecule has 1 aliphatic rings. The first-order chi connectivity index (χ1) is 11.5. The number of likely N-dealkylation sites (tertiary alicyclic amines) is 1. The van der Waals surface area contributed by atoms with Crippen molar-refractivity contribution in [2.75, 3.05) is 26.8 Å². The van der Waals surface area contributed by atoms with Gasteiger partial charge in [-0.2, -0.15) is 0 Å². The van der Waals surface area contributed by atoms with Crippen LogP contribution in [0.2, 0.25) is 0 Å². The van der Waals surface area contributed by atoms with Gasteiger partial charge in [0, 0.05) is 25.3 Å². The predicted octanol–water partition coefficient (Wildman–Crippen LogP) is 1.22. The van der Waals surface area contributed by atoms with Crippen molar-refractivity contribution in [3.8, 4) is 0 Å². The zero-order valence-electron chi connectivity index (χ0n) is 13.8. The maximum Gasteiger partial charge on any atom is 0.409 e. The number of carbonyl (C=O) groups is 3. The molecule has 1 N–H and O–H groups in total. The van der Waals surface area contributed by atoms with Gasteiger partial charge in [0.25, 0.3) is 5.91 Å². The van der Waals surface area contributed by atoms with Crippen molar-refractivity contribution in [1.29, 1.82) is 0 Å². The van der Waals surface area contributed by atoms with E-state index in [-0.39, 0.29) is 29.3 Å². The maximum absolute atomic E-state index is 12.2. The quantitative estimate of drug-likeness (QED) is 0.831. The highest BCUT2D eigenvalue weighted by Gasteiger charge is 2.25. The lowest BCUT2D eigenvalue weighted by molar-refractivity contribution is 0.0599. The van der Waals surface area contributed by atoms with Crippen LogP contribution in [-0.4, -0.2) is 60.7 Å². The van der Waals surface area contributed by atoms with E-state index in [2.05, 4.69) is 15.0 Å². The van der Waals surface area contributed by atoms with E-state index in [4.69, 9.17) is 4.74 Å². The Bertz CT molecular complexity index is 594. The van der Waals surface area contributed by atoms with Gasteiger partial charge >= 0.3 is 12.1 Å². The van der Waals surface area contributed by atoms with E-state index >= 15 is 0 Å². The molecule has 0 bridgehead atoms. The van der Waals surface area contributed by atoms with E-state index in [9.17, 15) is 14.4 Å². The summed E-state index contributed by atoms with van der Waals surface area (Å²) in [6.07, 6.45) is 2.31. The topological polar surface area (TPSA) is 97.8 Å². The maximum atomic E-state index is 12.2. The molecule has 2 amide bonds. The number of methoxy groups -OCH3 is 1. The molecule has 1 aliphatic heterocycles. The third-order valence-electron chi connectivity index (χ3n) is 3.77. The molecular weight excluding hydrogens is 314 g/mol. The number of nitrogens with one attached hydrogen (secondary N) is 1. The van der Waals surface area contributed by atoms with Crippen LogP contribution in [0.3, 0.4) is 0 Å². The van der Waals surface area contributed by atoms with Crippen LogP contribution in [0.1, 0.15) is 40.6 Å². The Morgan fingerprint density at radius 1 is 1.29 bits per heavy atom. The highest BCUT2D eigenvalue weighted by atomic mass is 16.6. The lowest BCUT2D eigenvalue weighted by Crippen LogP contribution is -2.46. The van der Waals surface area contributed by atoms with E-state index in [1.807, 2.05) is 0 Å². The molecule has 0 spiro atoms. The summed E-state index contributed by atoms with van der Waals surface area (Å²) in [4.78, 5) is 40.8. The number of piperidine rings is 1. The van der Waals surface area contributed by atoms with E-state index in [0.29, 0.717) is 32.5 Å². The number of carbonyl (C=O) groups excluding carboxylic acids is 3. The molecule has 0 aromatic carbocycles. The molecule has 0 saturated carbocycles. The summed E-state index contributed by atoms with van der Waals surface area (Å²) in [6, 6.07) is 2.96. The van der Waals surface area contributed by atoms with Gasteiger partial charge in [-0.05, 0) is 31.9 Å². The van der Waals surface area contributed by atoms with Gasteiger partial charge in [-0.1, -0.05) is 0 Å². The van der Waals surface area contributed by atoms with Crippen LogP contribution < -0.4 is 5.32 Å². The standard InChI is InChI=1S/C16H21N3O5/c1-3-24-16(22)19-8-6-12(7-9-19)18-14(20)13-5-4-11(10-17-13)15(21)23-2/h4-5,10,12H,3,6-9H2,1-2H3,(H,18,20). The van der Waals surface area contributed by atoms with Gasteiger partial charge in [0.1, 0.15) is 5.69 Å². The van der Waals surface area contributed by atoms with Crippen LogP contribution in [0.5, 0.6) is 0 Å². The summed E-state index contributed by atoms with van der Waals surface area (Å²) in [7, 11) is 1.28. The average molecular weight is 335 g/mol. The Morgan fingerprint density at radius 3 is 2.54 bits per heavy atom. The lowest BCUT2D eigenvalue weighted by Gasteiger charge is -2.31. The van der Waals surface area contributed by atoms with Crippen LogP contribution in [0.4, 0.5) is 4.79 Å². The van der Waals surface area contributed by atoms with Gasteiger partial charge in [0.05, 0.1) is 19.3 Å². The molecule has 130 valence electrons. The molecule has 24 heavy (non-hydrogen) atoms. The minimum Gasteiger partial charge on any atom is -0.465 e. The van der Waals surface area contributed by atoms with E-state index in [0.717, 1.165) is 0 Å². The Hall–Kier alpha value is -2.64. The van der Waals surface area contributed by atoms with Crippen LogP contribution >= 0.6 is 0 Å². The fourth-order valence-corrected chi connectivity index (χ4v) is 2.45. The molecule has 1 aromatic heterocycles. The minimum atomic E-state index is -0.499. The summed E-state index contributed by atoms with van der Waals surface area (Å²) >= 11 is 0. The van der Waals surface area contributed by atoms with Gasteiger partial charge in [-0.25, -0.2) is 9.59 Å². The average Bonchev–Trinajstić information content (AvgIpc) is 2.62. The number of rotatable bonds is 4. The number of hydrogen-bond donors (Lipinski definition) is 1. The summed E-state index contributed by atoms with van der Waals surface area (Å²) in [5.74, 6) is -0.804. The van der Waals surface area contributed by atoms with E-state index in [1.54, 1.807) is 11.8 Å². The second-order valence-electron chi connectivity index (χ2n) is 5.36. The largest absolute Gasteiger partial charge is 0.465 e. The van der Waals surface area contributed by atoms with Crippen molar-refractivity contribution in [1.82, 2.24) is 15.2 Å². The summed E-state index contributed by atoms with van der Waals surface area (Å²) in [5, 5.41) is 2.89. The number of hydrogen-bond acceptors (Lipinski definition) is 6. The molecule has 0 unspecified atom stereocenters. The molecule has 8 nitrogen and oxygen atoms in total. The monoisotopic (exact) mass is 335 g/mol. The second kappa shape index (κ2) is 8.28. The molecule has 1 aromatic rings. The highest BCUT2D eigenvalue weighted by Crippen LogP contribution is 2.12. The molecule has 1 saturated heterocycles. The van der Waals surface area contributed by atoms with E-state index in [1.165, 1.54) is 25.4 Å². The van der Waals surface area contributed by atoms with Gasteiger partial charge in [-0.3, -0.25) is 9.78 Å². The van der Waals surface area contributed by atoms with Crippen molar-refractivity contribution < 1.29 is 23.9 Å². The Labute approximate surface area is 140 Å². The first-order valence-corrected chi connectivity index (χ1v) is 7.82. The van der Waals surface area contributed by atoms with Crippen LogP contribution in [0, 0.1) is 0 Å². The van der Waals surface area contributed by atoms with Crippen LogP contribution in [0.25, 0.3) is 0 Å². The SMILES string of the molecule is CCOC(=O)N1CCC(NC(=O)c2ccc(C(=O)OC)cn2)CC1. The first-order valence-electron chi connectivity index (χ1n) is 7.82. The van der Waals surface area contributed by atoms with Crippen molar-refractivity contribution in [3.05, 3.63) is 29.6 Å². The third-order valence-corrected chi connectivity index (χ3v) is 3.77. The number of nitrogens with zero attached hydrogens (tertiary/aromatic N) is 2. The molecule has 2 heterocycles.